The number of nitrogens with zero attached hydrogens (tertiary/aromatic N) is 1. The van der Waals surface area contributed by atoms with E-state index in [1.165, 1.54) is 0 Å². The van der Waals surface area contributed by atoms with E-state index in [-0.39, 0.29) is 17.0 Å². The number of benzene rings is 2. The topological polar surface area (TPSA) is 53.2 Å². The number of rotatable bonds is 1. The van der Waals surface area contributed by atoms with Crippen molar-refractivity contribution in [1.82, 2.24) is 4.98 Å². The summed E-state index contributed by atoms with van der Waals surface area (Å²) >= 11 is 0. The van der Waals surface area contributed by atoms with Gasteiger partial charge in [-0.15, -0.1) is 0 Å². The second kappa shape index (κ2) is 4.31. The minimum Gasteiger partial charge on any atom is -0.321 e. The summed E-state index contributed by atoms with van der Waals surface area (Å²) in [5.74, 6) is -0.233. The van der Waals surface area contributed by atoms with E-state index in [9.17, 15) is 9.59 Å². The van der Waals surface area contributed by atoms with Crippen molar-refractivity contribution in [2.75, 3.05) is 4.90 Å². The maximum absolute atomic E-state index is 12.6. The van der Waals surface area contributed by atoms with Gasteiger partial charge in [-0.25, -0.2) is 0 Å². The Morgan fingerprint density at radius 1 is 0.905 bits per heavy atom. The van der Waals surface area contributed by atoms with Gasteiger partial charge in [-0.05, 0) is 23.8 Å². The Morgan fingerprint density at radius 3 is 2.43 bits per heavy atom. The van der Waals surface area contributed by atoms with Crippen LogP contribution < -0.4 is 10.5 Å². The average molecular weight is 276 g/mol. The number of pyridine rings is 1. The molecule has 0 fully saturated rings. The third-order valence-electron chi connectivity index (χ3n) is 3.87. The first kappa shape index (κ1) is 11.9. The van der Waals surface area contributed by atoms with Gasteiger partial charge in [-0.3, -0.25) is 9.59 Å². The van der Waals surface area contributed by atoms with Gasteiger partial charge in [0.2, 0.25) is 0 Å². The van der Waals surface area contributed by atoms with E-state index < -0.39 is 0 Å². The number of anilines is 1. The highest BCUT2D eigenvalue weighted by Gasteiger charge is 2.32. The van der Waals surface area contributed by atoms with Crippen LogP contribution in [0.1, 0.15) is 15.9 Å². The molecule has 3 aromatic rings. The summed E-state index contributed by atoms with van der Waals surface area (Å²) in [5.41, 5.74) is 2.33. The molecule has 0 unspecified atom stereocenters. The third-order valence-corrected chi connectivity index (χ3v) is 3.87. The highest BCUT2D eigenvalue weighted by atomic mass is 16.2. The lowest BCUT2D eigenvalue weighted by molar-refractivity contribution is 0.0995. The van der Waals surface area contributed by atoms with Gasteiger partial charge in [0.25, 0.3) is 11.5 Å². The standard InChI is InChI=1S/C17H12N2O2/c20-16-15-13(12-8-4-5-9-14(12)18-16)10-19(17(15)21)11-6-2-1-3-7-11/h1-9H,10H2,(H,18,20). The molecule has 1 aromatic heterocycles. The summed E-state index contributed by atoms with van der Waals surface area (Å²) in [6.07, 6.45) is 0. The van der Waals surface area contributed by atoms with Gasteiger partial charge >= 0.3 is 0 Å². The van der Waals surface area contributed by atoms with Crippen LogP contribution in [-0.4, -0.2) is 10.9 Å². The number of aromatic nitrogens is 1. The molecule has 1 aliphatic heterocycles. The number of fused-ring (bicyclic) bond motifs is 3. The van der Waals surface area contributed by atoms with E-state index in [2.05, 4.69) is 4.98 Å². The molecule has 0 saturated heterocycles. The van der Waals surface area contributed by atoms with Crippen LogP contribution in [0, 0.1) is 0 Å². The van der Waals surface area contributed by atoms with Crippen LogP contribution in [0.4, 0.5) is 5.69 Å². The number of nitrogens with one attached hydrogen (secondary N) is 1. The van der Waals surface area contributed by atoms with Gasteiger partial charge in [0, 0.05) is 16.6 Å². The fourth-order valence-electron chi connectivity index (χ4n) is 2.88. The molecule has 0 aliphatic carbocycles. The Hall–Kier alpha value is -2.88. The molecule has 0 saturated carbocycles. The average Bonchev–Trinajstić information content (AvgIpc) is 2.87. The first-order chi connectivity index (χ1) is 10.3. The van der Waals surface area contributed by atoms with E-state index in [0.29, 0.717) is 6.54 Å². The third kappa shape index (κ3) is 1.69. The molecule has 21 heavy (non-hydrogen) atoms. The van der Waals surface area contributed by atoms with Crippen molar-refractivity contribution in [2.24, 2.45) is 0 Å². The van der Waals surface area contributed by atoms with Crippen molar-refractivity contribution in [3.05, 3.63) is 76.1 Å². The number of hydrogen-bond acceptors (Lipinski definition) is 2. The van der Waals surface area contributed by atoms with Gasteiger partial charge in [0.1, 0.15) is 5.56 Å². The van der Waals surface area contributed by atoms with Gasteiger partial charge in [0.05, 0.1) is 6.54 Å². The largest absolute Gasteiger partial charge is 0.321 e. The zero-order chi connectivity index (χ0) is 14.4. The number of H-pyrrole nitrogens is 1. The highest BCUT2D eigenvalue weighted by Crippen LogP contribution is 2.30. The zero-order valence-electron chi connectivity index (χ0n) is 11.2. The van der Waals surface area contributed by atoms with Crippen LogP contribution in [0.5, 0.6) is 0 Å². The highest BCUT2D eigenvalue weighted by molar-refractivity contribution is 6.12. The van der Waals surface area contributed by atoms with Crippen LogP contribution in [0.3, 0.4) is 0 Å². The fraction of sp³-hybridized carbons (Fsp3) is 0.0588. The number of hydrogen-bond donors (Lipinski definition) is 1. The lowest BCUT2D eigenvalue weighted by Gasteiger charge is -2.15. The Labute approximate surface area is 120 Å². The van der Waals surface area contributed by atoms with Gasteiger partial charge < -0.3 is 9.88 Å². The summed E-state index contributed by atoms with van der Waals surface area (Å²) in [6.45, 7) is 0.433. The van der Waals surface area contributed by atoms with E-state index in [4.69, 9.17) is 0 Å². The van der Waals surface area contributed by atoms with Crippen molar-refractivity contribution in [3.8, 4) is 0 Å². The lowest BCUT2D eigenvalue weighted by atomic mass is 10.1. The number of carbonyl (C=O) groups excluding carboxylic acids is 1. The second-order valence-electron chi connectivity index (χ2n) is 5.08. The summed E-state index contributed by atoms with van der Waals surface area (Å²) in [6, 6.07) is 17.0. The molecule has 2 aromatic carbocycles. The summed E-state index contributed by atoms with van der Waals surface area (Å²) in [5, 5.41) is 0.930. The molecule has 4 nitrogen and oxygen atoms in total. The van der Waals surface area contributed by atoms with E-state index in [1.807, 2.05) is 54.6 Å². The molecule has 4 rings (SSSR count). The smallest absolute Gasteiger partial charge is 0.264 e. The first-order valence-electron chi connectivity index (χ1n) is 6.76. The van der Waals surface area contributed by atoms with E-state index >= 15 is 0 Å². The Kier molecular flexibility index (Phi) is 2.44. The van der Waals surface area contributed by atoms with Crippen LogP contribution in [0.25, 0.3) is 10.9 Å². The molecule has 0 spiro atoms. The predicted octanol–water partition coefficient (Wildman–Crippen LogP) is 2.69. The maximum Gasteiger partial charge on any atom is 0.264 e. The van der Waals surface area contributed by atoms with Crippen molar-refractivity contribution in [2.45, 2.75) is 6.54 Å². The Balaban J connectivity index is 1.95. The zero-order valence-corrected chi connectivity index (χ0v) is 11.2. The summed E-state index contributed by atoms with van der Waals surface area (Å²) in [4.78, 5) is 29.2. The number of amides is 1. The Bertz CT molecular complexity index is 913. The lowest BCUT2D eigenvalue weighted by Crippen LogP contribution is -2.26. The first-order valence-corrected chi connectivity index (χ1v) is 6.76. The molecule has 1 amide bonds. The Morgan fingerprint density at radius 2 is 1.62 bits per heavy atom. The fourth-order valence-corrected chi connectivity index (χ4v) is 2.88. The van der Waals surface area contributed by atoms with Crippen LogP contribution in [0.2, 0.25) is 0 Å². The molecule has 2 heterocycles. The van der Waals surface area contributed by atoms with Crippen molar-refractivity contribution in [3.63, 3.8) is 0 Å². The molecular formula is C17H12N2O2. The van der Waals surface area contributed by atoms with Gasteiger partial charge in [-0.1, -0.05) is 36.4 Å². The van der Waals surface area contributed by atoms with Crippen molar-refractivity contribution in [1.29, 1.82) is 0 Å². The minimum absolute atomic E-state index is 0.233. The normalized spacial score (nSPS) is 13.7. The molecule has 0 atom stereocenters. The number of para-hydroxylation sites is 2. The van der Waals surface area contributed by atoms with E-state index in [0.717, 1.165) is 22.2 Å². The molecule has 1 N–H and O–H groups in total. The molecular weight excluding hydrogens is 264 g/mol. The van der Waals surface area contributed by atoms with Crippen LogP contribution in [-0.2, 0) is 6.54 Å². The second-order valence-corrected chi connectivity index (χ2v) is 5.08. The molecule has 1 aliphatic rings. The van der Waals surface area contributed by atoms with Crippen molar-refractivity contribution >= 4 is 22.5 Å². The number of carbonyl (C=O) groups is 1. The van der Waals surface area contributed by atoms with Crippen LogP contribution >= 0.6 is 0 Å². The van der Waals surface area contributed by atoms with Gasteiger partial charge in [-0.2, -0.15) is 0 Å². The number of aromatic amines is 1. The van der Waals surface area contributed by atoms with E-state index in [1.54, 1.807) is 4.90 Å². The molecule has 0 radical (unpaired) electrons. The monoisotopic (exact) mass is 276 g/mol. The quantitative estimate of drug-likeness (QED) is 0.743. The molecule has 0 bridgehead atoms. The SMILES string of the molecule is O=C1c2c(c3ccccc3[nH]c2=O)CN1c1ccccc1. The van der Waals surface area contributed by atoms with Gasteiger partial charge in [0.15, 0.2) is 0 Å². The van der Waals surface area contributed by atoms with Crippen molar-refractivity contribution < 1.29 is 4.79 Å². The molecule has 102 valence electrons. The maximum atomic E-state index is 12.6. The molecule has 4 heteroatoms. The minimum atomic E-state index is -0.313. The van der Waals surface area contributed by atoms with Crippen LogP contribution in [0.15, 0.2) is 59.4 Å². The predicted molar refractivity (Wildman–Crippen MR) is 81.5 cm³/mol. The summed E-state index contributed by atoms with van der Waals surface area (Å²) < 4.78 is 0. The summed E-state index contributed by atoms with van der Waals surface area (Å²) in [7, 11) is 0.